The summed E-state index contributed by atoms with van der Waals surface area (Å²) in [5.74, 6) is 1.21. The quantitative estimate of drug-likeness (QED) is 0.721. The van der Waals surface area contributed by atoms with E-state index in [1.807, 2.05) is 7.05 Å². The summed E-state index contributed by atoms with van der Waals surface area (Å²) in [6.45, 7) is 7.31. The maximum absolute atomic E-state index is 14.0. The molecular weight excluding hydrogens is 319 g/mol. The summed E-state index contributed by atoms with van der Waals surface area (Å²) < 4.78 is 14.0. The van der Waals surface area contributed by atoms with Gasteiger partial charge in [0.1, 0.15) is 12.2 Å². The van der Waals surface area contributed by atoms with Crippen molar-refractivity contribution >= 4 is 5.91 Å². The molecule has 3 N–H and O–H groups in total. The van der Waals surface area contributed by atoms with Gasteiger partial charge < -0.3 is 10.2 Å². The fraction of sp³-hybridized carbons (Fsp3) is 0.947. The van der Waals surface area contributed by atoms with Gasteiger partial charge in [0.05, 0.1) is 0 Å². The first-order valence-corrected chi connectivity index (χ1v) is 10.1. The average Bonchev–Trinajstić information content (AvgIpc) is 3.22. The minimum Gasteiger partial charge on any atom is -0.338 e. The molecule has 0 radical (unpaired) electrons. The largest absolute Gasteiger partial charge is 0.338 e. The predicted octanol–water partition coefficient (Wildman–Crippen LogP) is 1.84. The minimum atomic E-state index is -0.692. The molecule has 2 saturated heterocycles. The lowest BCUT2D eigenvalue weighted by Gasteiger charge is -2.40. The fourth-order valence-electron chi connectivity index (χ4n) is 5.37. The van der Waals surface area contributed by atoms with E-state index in [0.29, 0.717) is 24.7 Å². The van der Waals surface area contributed by atoms with Crippen LogP contribution >= 0.6 is 0 Å². The molecule has 7 unspecified atom stereocenters. The lowest BCUT2D eigenvalue weighted by molar-refractivity contribution is -0.137. The van der Waals surface area contributed by atoms with Gasteiger partial charge in [-0.2, -0.15) is 0 Å². The number of amides is 1. The summed E-state index contributed by atoms with van der Waals surface area (Å²) in [5.41, 5.74) is 6.49. The summed E-state index contributed by atoms with van der Waals surface area (Å²) in [6, 6.07) is 0.486. The standard InChI is InChI=1S/C19H35FN4O/c1-11-7-8-14(20)10-15(11)16-6-5-9-24(16)19(25)18-17(12(2)21-4)13(3)22-23-18/h11-18,21-23H,5-10H2,1-4H3/t11?,12?,13?,14?,15?,16-,17?,18?/m1/s1. The zero-order chi connectivity index (χ0) is 18.1. The van der Waals surface area contributed by atoms with Crippen LogP contribution in [0.25, 0.3) is 0 Å². The van der Waals surface area contributed by atoms with Crippen LogP contribution in [0.15, 0.2) is 0 Å². The Hall–Kier alpha value is -0.720. The zero-order valence-corrected chi connectivity index (χ0v) is 16.1. The molecule has 2 aliphatic heterocycles. The van der Waals surface area contributed by atoms with Crippen LogP contribution < -0.4 is 16.2 Å². The Balaban J connectivity index is 1.74. The Kier molecular flexibility index (Phi) is 6.01. The van der Waals surface area contributed by atoms with E-state index >= 15 is 0 Å². The smallest absolute Gasteiger partial charge is 0.241 e. The van der Waals surface area contributed by atoms with Crippen LogP contribution in [0.4, 0.5) is 4.39 Å². The van der Waals surface area contributed by atoms with Gasteiger partial charge in [0, 0.05) is 30.6 Å². The van der Waals surface area contributed by atoms with E-state index in [-0.39, 0.29) is 36.0 Å². The second-order valence-electron chi connectivity index (χ2n) is 8.50. The lowest BCUT2D eigenvalue weighted by atomic mass is 9.74. The van der Waals surface area contributed by atoms with Crippen LogP contribution in [0, 0.1) is 17.8 Å². The van der Waals surface area contributed by atoms with Gasteiger partial charge >= 0.3 is 0 Å². The molecule has 1 saturated carbocycles. The van der Waals surface area contributed by atoms with E-state index in [2.05, 4.69) is 41.8 Å². The van der Waals surface area contributed by atoms with Gasteiger partial charge in [-0.25, -0.2) is 9.82 Å². The van der Waals surface area contributed by atoms with Crippen LogP contribution in [-0.2, 0) is 4.79 Å². The number of nitrogens with zero attached hydrogens (tertiary/aromatic N) is 1. The van der Waals surface area contributed by atoms with Gasteiger partial charge in [0.15, 0.2) is 0 Å². The van der Waals surface area contributed by atoms with E-state index in [0.717, 1.165) is 25.8 Å². The Morgan fingerprint density at radius 3 is 2.72 bits per heavy atom. The fourth-order valence-corrected chi connectivity index (χ4v) is 5.37. The molecule has 8 atom stereocenters. The molecule has 2 heterocycles. The molecule has 1 aliphatic carbocycles. The van der Waals surface area contributed by atoms with Crippen molar-refractivity contribution in [2.45, 2.75) is 83.2 Å². The number of rotatable bonds is 4. The molecule has 0 spiro atoms. The molecular formula is C19H35FN4O. The molecule has 1 amide bonds. The topological polar surface area (TPSA) is 56.4 Å². The van der Waals surface area contributed by atoms with Crippen molar-refractivity contribution in [2.75, 3.05) is 13.6 Å². The third-order valence-corrected chi connectivity index (χ3v) is 7.00. The molecule has 25 heavy (non-hydrogen) atoms. The van der Waals surface area contributed by atoms with Crippen molar-refractivity contribution in [3.8, 4) is 0 Å². The number of halogens is 1. The molecule has 6 heteroatoms. The number of nitrogens with one attached hydrogen (secondary N) is 3. The molecule has 0 aromatic carbocycles. The third kappa shape index (κ3) is 3.71. The maximum Gasteiger partial charge on any atom is 0.241 e. The SMILES string of the molecule is CNC(C)C1C(C)NNC1C(=O)N1CCC[C@@H]1C1CC(F)CCC1C. The summed E-state index contributed by atoms with van der Waals surface area (Å²) in [5, 5.41) is 3.30. The van der Waals surface area contributed by atoms with E-state index in [9.17, 15) is 9.18 Å². The Bertz CT molecular complexity index is 476. The normalized spacial score (nSPS) is 43.4. The number of likely N-dealkylation sites (tertiary alicyclic amines) is 1. The van der Waals surface area contributed by atoms with Crippen molar-refractivity contribution < 1.29 is 9.18 Å². The number of hydrazine groups is 1. The number of carbonyl (C=O) groups excluding carboxylic acids is 1. The monoisotopic (exact) mass is 354 g/mol. The summed E-state index contributed by atoms with van der Waals surface area (Å²) in [4.78, 5) is 15.4. The van der Waals surface area contributed by atoms with Gasteiger partial charge in [0.25, 0.3) is 0 Å². The number of hydrogen-bond acceptors (Lipinski definition) is 4. The Morgan fingerprint density at radius 1 is 1.24 bits per heavy atom. The predicted molar refractivity (Wildman–Crippen MR) is 97.7 cm³/mol. The highest BCUT2D eigenvalue weighted by atomic mass is 19.1. The van der Waals surface area contributed by atoms with Crippen molar-refractivity contribution in [3.63, 3.8) is 0 Å². The second-order valence-corrected chi connectivity index (χ2v) is 8.50. The maximum atomic E-state index is 14.0. The first-order chi connectivity index (χ1) is 11.9. The Labute approximate surface area is 151 Å². The summed E-state index contributed by atoms with van der Waals surface area (Å²) in [7, 11) is 1.95. The van der Waals surface area contributed by atoms with E-state index in [1.165, 1.54) is 0 Å². The molecule has 0 aromatic heterocycles. The molecule has 3 fully saturated rings. The average molecular weight is 355 g/mol. The number of alkyl halides is 1. The highest BCUT2D eigenvalue weighted by Crippen LogP contribution is 2.39. The third-order valence-electron chi connectivity index (χ3n) is 7.00. The molecule has 5 nitrogen and oxygen atoms in total. The van der Waals surface area contributed by atoms with Crippen molar-refractivity contribution in [1.82, 2.24) is 21.1 Å². The van der Waals surface area contributed by atoms with Gasteiger partial charge in [-0.15, -0.1) is 0 Å². The van der Waals surface area contributed by atoms with Crippen LogP contribution in [0.1, 0.15) is 52.9 Å². The Morgan fingerprint density at radius 2 is 2.00 bits per heavy atom. The first-order valence-electron chi connectivity index (χ1n) is 10.1. The van der Waals surface area contributed by atoms with Crippen molar-refractivity contribution in [2.24, 2.45) is 17.8 Å². The molecule has 0 bridgehead atoms. The minimum absolute atomic E-state index is 0.194. The van der Waals surface area contributed by atoms with Crippen molar-refractivity contribution in [3.05, 3.63) is 0 Å². The van der Waals surface area contributed by atoms with Gasteiger partial charge in [-0.3, -0.25) is 10.2 Å². The zero-order valence-electron chi connectivity index (χ0n) is 16.1. The number of hydrogen-bond donors (Lipinski definition) is 3. The van der Waals surface area contributed by atoms with Gasteiger partial charge in [0.2, 0.25) is 5.91 Å². The summed E-state index contributed by atoms with van der Waals surface area (Å²) >= 11 is 0. The second kappa shape index (κ2) is 7.89. The molecule has 3 aliphatic rings. The van der Waals surface area contributed by atoms with Crippen LogP contribution in [0.5, 0.6) is 0 Å². The van der Waals surface area contributed by atoms with Gasteiger partial charge in [-0.1, -0.05) is 6.92 Å². The summed E-state index contributed by atoms with van der Waals surface area (Å²) in [6.07, 6.45) is 3.63. The molecule has 144 valence electrons. The lowest BCUT2D eigenvalue weighted by Crippen LogP contribution is -2.54. The van der Waals surface area contributed by atoms with Crippen LogP contribution in [0.2, 0.25) is 0 Å². The van der Waals surface area contributed by atoms with Crippen LogP contribution in [-0.4, -0.2) is 54.7 Å². The highest BCUT2D eigenvalue weighted by Gasteiger charge is 2.46. The molecule has 0 aromatic rings. The number of carbonyl (C=O) groups is 1. The highest BCUT2D eigenvalue weighted by molar-refractivity contribution is 5.83. The van der Waals surface area contributed by atoms with E-state index < -0.39 is 6.17 Å². The molecule has 3 rings (SSSR count). The van der Waals surface area contributed by atoms with Crippen LogP contribution in [0.3, 0.4) is 0 Å². The van der Waals surface area contributed by atoms with E-state index in [1.54, 1.807) is 0 Å². The van der Waals surface area contributed by atoms with Crippen molar-refractivity contribution in [1.29, 1.82) is 0 Å². The first kappa shape index (κ1) is 19.1. The van der Waals surface area contributed by atoms with Gasteiger partial charge in [-0.05, 0) is 64.8 Å². The van der Waals surface area contributed by atoms with E-state index in [4.69, 9.17) is 0 Å².